The Morgan fingerprint density at radius 2 is 2.05 bits per heavy atom. The number of hydrogen-bond acceptors (Lipinski definition) is 4. The molecule has 1 aromatic rings. The maximum absolute atomic E-state index is 12.0. The average molecular weight is 305 g/mol. The number of nitrogens with one attached hydrogen (secondary N) is 1. The number of rotatable bonds is 4. The van der Waals surface area contributed by atoms with Crippen LogP contribution in [0, 0.1) is 5.92 Å². The van der Waals surface area contributed by atoms with Gasteiger partial charge >= 0.3 is 5.97 Å². The summed E-state index contributed by atoms with van der Waals surface area (Å²) in [5, 5.41) is 11.7. The number of aromatic nitrogens is 1. The molecule has 118 valence electrons. The lowest BCUT2D eigenvalue weighted by Crippen LogP contribution is -2.40. The van der Waals surface area contributed by atoms with Crippen LogP contribution in [0.5, 0.6) is 0 Å². The van der Waals surface area contributed by atoms with Gasteiger partial charge in [0, 0.05) is 38.3 Å². The number of nitrogens with zero attached hydrogens (tertiary/aromatic N) is 2. The second kappa shape index (κ2) is 7.02. The maximum Gasteiger partial charge on any atom is 0.354 e. The molecule has 1 saturated heterocycles. The number of aromatic carboxylic acids is 1. The third kappa shape index (κ3) is 4.03. The lowest BCUT2D eigenvalue weighted by Gasteiger charge is -2.31. The van der Waals surface area contributed by atoms with E-state index in [4.69, 9.17) is 5.11 Å². The molecule has 1 aliphatic rings. The number of carboxylic acid groups (broad SMARTS) is 1. The Kier molecular flexibility index (Phi) is 5.08. The van der Waals surface area contributed by atoms with Crippen molar-refractivity contribution in [1.82, 2.24) is 15.2 Å². The molecule has 0 radical (unpaired) electrons. The first-order valence-corrected chi connectivity index (χ1v) is 7.20. The van der Waals surface area contributed by atoms with Gasteiger partial charge in [-0.15, -0.1) is 0 Å². The Morgan fingerprint density at radius 3 is 2.64 bits per heavy atom. The van der Waals surface area contributed by atoms with Crippen molar-refractivity contribution in [2.24, 2.45) is 5.92 Å². The number of hydrogen-bond donors (Lipinski definition) is 2. The molecular weight excluding hydrogens is 286 g/mol. The highest BCUT2D eigenvalue weighted by atomic mass is 16.4. The Morgan fingerprint density at radius 1 is 1.36 bits per heavy atom. The van der Waals surface area contributed by atoms with Crippen molar-refractivity contribution in [1.29, 1.82) is 0 Å². The predicted octanol–water partition coefficient (Wildman–Crippen LogP) is 0.768. The number of carbonyl (C=O) groups is 3. The number of carbonyl (C=O) groups excluding carboxylic acids is 2. The van der Waals surface area contributed by atoms with Crippen LogP contribution in [0.4, 0.5) is 0 Å². The zero-order valence-electron chi connectivity index (χ0n) is 12.4. The molecule has 7 heteroatoms. The summed E-state index contributed by atoms with van der Waals surface area (Å²) in [6.45, 7) is 3.52. The fourth-order valence-electron chi connectivity index (χ4n) is 2.48. The van der Waals surface area contributed by atoms with Crippen molar-refractivity contribution in [3.63, 3.8) is 0 Å². The first kappa shape index (κ1) is 15.9. The summed E-state index contributed by atoms with van der Waals surface area (Å²) in [5.74, 6) is -1.05. The van der Waals surface area contributed by atoms with Crippen LogP contribution in [-0.4, -0.2) is 52.4 Å². The highest BCUT2D eigenvalue weighted by Gasteiger charge is 2.21. The molecule has 2 rings (SSSR count). The first-order chi connectivity index (χ1) is 10.5. The summed E-state index contributed by atoms with van der Waals surface area (Å²) in [6, 6.07) is 2.75. The van der Waals surface area contributed by atoms with Crippen molar-refractivity contribution >= 4 is 17.8 Å². The molecule has 0 aliphatic carbocycles. The summed E-state index contributed by atoms with van der Waals surface area (Å²) < 4.78 is 0. The van der Waals surface area contributed by atoms with E-state index < -0.39 is 5.97 Å². The van der Waals surface area contributed by atoms with Crippen molar-refractivity contribution in [2.75, 3.05) is 19.6 Å². The molecule has 22 heavy (non-hydrogen) atoms. The first-order valence-electron chi connectivity index (χ1n) is 7.20. The molecule has 0 atom stereocenters. The van der Waals surface area contributed by atoms with Gasteiger partial charge in [-0.1, -0.05) is 0 Å². The predicted molar refractivity (Wildman–Crippen MR) is 78.5 cm³/mol. The minimum Gasteiger partial charge on any atom is -0.477 e. The third-order valence-electron chi connectivity index (χ3n) is 3.85. The van der Waals surface area contributed by atoms with Crippen molar-refractivity contribution in [2.45, 2.75) is 19.8 Å². The van der Waals surface area contributed by atoms with Crippen LogP contribution in [0.2, 0.25) is 0 Å². The molecule has 0 aromatic carbocycles. The maximum atomic E-state index is 12.0. The van der Waals surface area contributed by atoms with Gasteiger partial charge in [0.05, 0.1) is 0 Å². The van der Waals surface area contributed by atoms with E-state index in [1.807, 2.05) is 0 Å². The summed E-state index contributed by atoms with van der Waals surface area (Å²) in [5.41, 5.74) is 0.135. The van der Waals surface area contributed by atoms with Crippen LogP contribution in [0.1, 0.15) is 40.6 Å². The van der Waals surface area contributed by atoms with E-state index in [-0.39, 0.29) is 23.1 Å². The zero-order chi connectivity index (χ0) is 16.1. The lowest BCUT2D eigenvalue weighted by atomic mass is 9.96. The van der Waals surface area contributed by atoms with Crippen molar-refractivity contribution in [3.8, 4) is 0 Å². The summed E-state index contributed by atoms with van der Waals surface area (Å²) in [7, 11) is 0. The highest BCUT2D eigenvalue weighted by molar-refractivity contribution is 5.96. The van der Waals surface area contributed by atoms with Gasteiger partial charge in [0.15, 0.2) is 0 Å². The third-order valence-corrected chi connectivity index (χ3v) is 3.85. The van der Waals surface area contributed by atoms with Gasteiger partial charge in [-0.3, -0.25) is 9.59 Å². The van der Waals surface area contributed by atoms with Crippen LogP contribution >= 0.6 is 0 Å². The van der Waals surface area contributed by atoms with E-state index in [0.717, 1.165) is 12.8 Å². The molecule has 1 aromatic heterocycles. The summed E-state index contributed by atoms with van der Waals surface area (Å²) >= 11 is 0. The highest BCUT2D eigenvalue weighted by Crippen LogP contribution is 2.16. The van der Waals surface area contributed by atoms with Gasteiger partial charge < -0.3 is 15.3 Å². The fourth-order valence-corrected chi connectivity index (χ4v) is 2.48. The monoisotopic (exact) mass is 305 g/mol. The largest absolute Gasteiger partial charge is 0.477 e. The van der Waals surface area contributed by atoms with Crippen LogP contribution in [-0.2, 0) is 4.79 Å². The van der Waals surface area contributed by atoms with Gasteiger partial charge in [-0.05, 0) is 30.9 Å². The molecule has 7 nitrogen and oxygen atoms in total. The molecule has 0 bridgehead atoms. The minimum atomic E-state index is -1.16. The lowest BCUT2D eigenvalue weighted by molar-refractivity contribution is -0.130. The SMILES string of the molecule is CC(=O)N1CCC(CNC(=O)c2ccnc(C(=O)O)c2)CC1. The second-order valence-corrected chi connectivity index (χ2v) is 5.39. The Bertz CT molecular complexity index is 580. The quantitative estimate of drug-likeness (QED) is 0.856. The molecule has 1 fully saturated rings. The normalized spacial score (nSPS) is 15.4. The van der Waals surface area contributed by atoms with Gasteiger partial charge in [0.1, 0.15) is 5.69 Å². The Labute approximate surface area is 128 Å². The molecule has 2 heterocycles. The van der Waals surface area contributed by atoms with E-state index >= 15 is 0 Å². The molecule has 1 aliphatic heterocycles. The van der Waals surface area contributed by atoms with Crippen LogP contribution in [0.15, 0.2) is 18.3 Å². The molecule has 0 unspecified atom stereocenters. The molecule has 2 amide bonds. The number of piperidine rings is 1. The van der Waals surface area contributed by atoms with E-state index in [0.29, 0.717) is 25.6 Å². The van der Waals surface area contributed by atoms with Gasteiger partial charge in [0.2, 0.25) is 5.91 Å². The number of carboxylic acids is 1. The zero-order valence-corrected chi connectivity index (χ0v) is 12.4. The topological polar surface area (TPSA) is 99.6 Å². The smallest absolute Gasteiger partial charge is 0.354 e. The number of pyridine rings is 1. The summed E-state index contributed by atoms with van der Waals surface area (Å²) in [6.07, 6.45) is 3.02. The van der Waals surface area contributed by atoms with E-state index in [9.17, 15) is 14.4 Å². The Hall–Kier alpha value is -2.44. The number of amides is 2. The van der Waals surface area contributed by atoms with E-state index in [2.05, 4.69) is 10.3 Å². The average Bonchev–Trinajstić information content (AvgIpc) is 2.53. The molecule has 2 N–H and O–H groups in total. The van der Waals surface area contributed by atoms with Crippen molar-refractivity contribution in [3.05, 3.63) is 29.6 Å². The molecule has 0 saturated carbocycles. The second-order valence-electron chi connectivity index (χ2n) is 5.39. The number of likely N-dealkylation sites (tertiary alicyclic amines) is 1. The summed E-state index contributed by atoms with van der Waals surface area (Å²) in [4.78, 5) is 39.6. The van der Waals surface area contributed by atoms with E-state index in [1.54, 1.807) is 11.8 Å². The van der Waals surface area contributed by atoms with Gasteiger partial charge in [-0.2, -0.15) is 0 Å². The molecular formula is C15H19N3O4. The van der Waals surface area contributed by atoms with Gasteiger partial charge in [0.25, 0.3) is 5.91 Å². The minimum absolute atomic E-state index is 0.0838. The Balaban J connectivity index is 1.85. The van der Waals surface area contributed by atoms with Crippen LogP contribution in [0.25, 0.3) is 0 Å². The van der Waals surface area contributed by atoms with Crippen LogP contribution < -0.4 is 5.32 Å². The van der Waals surface area contributed by atoms with Crippen molar-refractivity contribution < 1.29 is 19.5 Å². The fraction of sp³-hybridized carbons (Fsp3) is 0.467. The standard InChI is InChI=1S/C15H19N3O4/c1-10(19)18-6-3-11(4-7-18)9-17-14(20)12-2-5-16-13(8-12)15(21)22/h2,5,8,11H,3-4,6-7,9H2,1H3,(H,17,20)(H,21,22). The van der Waals surface area contributed by atoms with Crippen LogP contribution in [0.3, 0.4) is 0 Å². The van der Waals surface area contributed by atoms with Gasteiger partial charge in [-0.25, -0.2) is 9.78 Å². The molecule has 0 spiro atoms. The van der Waals surface area contributed by atoms with E-state index in [1.165, 1.54) is 18.3 Å².